The van der Waals surface area contributed by atoms with Crippen molar-refractivity contribution in [2.45, 2.75) is 26.3 Å². The third-order valence-corrected chi connectivity index (χ3v) is 2.76. The fourth-order valence-electron chi connectivity index (χ4n) is 2.08. The van der Waals surface area contributed by atoms with E-state index < -0.39 is 12.1 Å². The normalized spacial score (nSPS) is 19.7. The predicted octanol–water partition coefficient (Wildman–Crippen LogP) is 2.54. The van der Waals surface area contributed by atoms with Crippen LogP contribution >= 0.6 is 0 Å². The Balaban J connectivity index is 2.42. The summed E-state index contributed by atoms with van der Waals surface area (Å²) in [6.45, 7) is 4.25. The van der Waals surface area contributed by atoms with Gasteiger partial charge in [0.1, 0.15) is 6.04 Å². The highest BCUT2D eigenvalue weighted by Gasteiger charge is 2.31. The number of carbonyl (C=O) groups is 1. The van der Waals surface area contributed by atoms with E-state index in [4.69, 9.17) is 10.00 Å². The van der Waals surface area contributed by atoms with E-state index in [1.165, 1.54) is 4.90 Å². The number of hydrogen-bond donors (Lipinski definition) is 0. The molecule has 1 aliphatic rings. The van der Waals surface area contributed by atoms with Crippen molar-refractivity contribution in [3.8, 4) is 6.07 Å². The Kier molecular flexibility index (Phi) is 3.01. The molecule has 4 heteroatoms. The summed E-state index contributed by atoms with van der Waals surface area (Å²) in [5.74, 6) is 0. The maximum absolute atomic E-state index is 11.7. The maximum atomic E-state index is 11.7. The van der Waals surface area contributed by atoms with Gasteiger partial charge in [-0.05, 0) is 37.1 Å². The second-order valence-electron chi connectivity index (χ2n) is 4.26. The van der Waals surface area contributed by atoms with Gasteiger partial charge < -0.3 is 4.74 Å². The Morgan fingerprint density at radius 3 is 2.59 bits per heavy atom. The first-order chi connectivity index (χ1) is 8.11. The van der Waals surface area contributed by atoms with Gasteiger partial charge in [-0.15, -0.1) is 0 Å². The summed E-state index contributed by atoms with van der Waals surface area (Å²) in [4.78, 5) is 13.2. The molecule has 1 aromatic carbocycles. The van der Waals surface area contributed by atoms with Crippen LogP contribution in [0.2, 0.25) is 0 Å². The Hall–Kier alpha value is -2.02. The molecule has 0 saturated carbocycles. The smallest absolute Gasteiger partial charge is 0.415 e. The lowest BCUT2D eigenvalue weighted by atomic mass is 10.1. The Morgan fingerprint density at radius 1 is 1.35 bits per heavy atom. The number of nitrogens with zero attached hydrogens (tertiary/aromatic N) is 2. The molecule has 88 valence electrons. The van der Waals surface area contributed by atoms with E-state index in [2.05, 4.69) is 6.07 Å². The van der Waals surface area contributed by atoms with Gasteiger partial charge in [0.25, 0.3) is 0 Å². The molecule has 2 rings (SSSR count). The second-order valence-corrected chi connectivity index (χ2v) is 4.26. The number of cyclic esters (lactones) is 1. The lowest BCUT2D eigenvalue weighted by molar-refractivity contribution is 0.134. The molecule has 1 saturated heterocycles. The Labute approximate surface area is 100 Å². The highest BCUT2D eigenvalue weighted by Crippen LogP contribution is 2.25. The summed E-state index contributed by atoms with van der Waals surface area (Å²) in [6, 6.07) is 7.53. The molecule has 0 N–H and O–H groups in total. The van der Waals surface area contributed by atoms with Crippen LogP contribution in [0.25, 0.3) is 0 Å². The van der Waals surface area contributed by atoms with E-state index in [9.17, 15) is 4.79 Å². The van der Waals surface area contributed by atoms with Crippen molar-refractivity contribution in [1.29, 1.82) is 5.26 Å². The predicted molar refractivity (Wildman–Crippen MR) is 63.8 cm³/mol. The minimum atomic E-state index is -0.437. The van der Waals surface area contributed by atoms with Crippen LogP contribution in [0.15, 0.2) is 18.2 Å². The summed E-state index contributed by atoms with van der Waals surface area (Å²) < 4.78 is 4.99. The molecule has 1 heterocycles. The minimum Gasteiger partial charge on any atom is -0.449 e. The van der Waals surface area contributed by atoms with E-state index in [1.54, 1.807) is 0 Å². The Bertz CT molecular complexity index is 470. The largest absolute Gasteiger partial charge is 0.449 e. The molecular weight excluding hydrogens is 216 g/mol. The van der Waals surface area contributed by atoms with Crippen molar-refractivity contribution in [2.75, 3.05) is 11.5 Å². The van der Waals surface area contributed by atoms with Crippen molar-refractivity contribution in [2.24, 2.45) is 0 Å². The molecule has 4 nitrogen and oxygen atoms in total. The zero-order chi connectivity index (χ0) is 12.4. The van der Waals surface area contributed by atoms with E-state index in [-0.39, 0.29) is 0 Å². The molecule has 0 bridgehead atoms. The number of aryl methyl sites for hydroxylation is 2. The lowest BCUT2D eigenvalue weighted by Gasteiger charge is -2.31. The fourth-order valence-corrected chi connectivity index (χ4v) is 2.08. The molecule has 1 aromatic rings. The Morgan fingerprint density at radius 2 is 2.00 bits per heavy atom. The topological polar surface area (TPSA) is 53.3 Å². The van der Waals surface area contributed by atoms with Crippen LogP contribution in [0.1, 0.15) is 17.5 Å². The second kappa shape index (κ2) is 4.46. The number of ether oxygens (including phenoxy) is 1. The van der Waals surface area contributed by atoms with Gasteiger partial charge in [0, 0.05) is 12.1 Å². The molecule has 1 aliphatic heterocycles. The quantitative estimate of drug-likeness (QED) is 0.745. The average Bonchev–Trinajstić information content (AvgIpc) is 2.27. The highest BCUT2D eigenvalue weighted by atomic mass is 16.6. The van der Waals surface area contributed by atoms with Crippen LogP contribution in [-0.4, -0.2) is 18.7 Å². The first-order valence-electron chi connectivity index (χ1n) is 5.55. The zero-order valence-corrected chi connectivity index (χ0v) is 9.93. The van der Waals surface area contributed by atoms with Gasteiger partial charge in [0.2, 0.25) is 0 Å². The number of amides is 1. The molecule has 1 amide bonds. The number of hydrogen-bond acceptors (Lipinski definition) is 3. The number of rotatable bonds is 1. The van der Waals surface area contributed by atoms with E-state index in [1.807, 2.05) is 32.0 Å². The molecular formula is C13H14N2O2. The third kappa shape index (κ3) is 2.23. The first-order valence-corrected chi connectivity index (χ1v) is 5.55. The number of carbonyl (C=O) groups excluding carboxylic acids is 1. The minimum absolute atomic E-state index is 0.318. The average molecular weight is 230 g/mol. The van der Waals surface area contributed by atoms with Crippen LogP contribution < -0.4 is 4.90 Å². The van der Waals surface area contributed by atoms with Gasteiger partial charge in [-0.2, -0.15) is 5.26 Å². The SMILES string of the molecule is Cc1cc(C)cc(N2C(=O)OCCC2C#N)c1. The van der Waals surface area contributed by atoms with E-state index in [0.29, 0.717) is 13.0 Å². The summed E-state index contributed by atoms with van der Waals surface area (Å²) in [5, 5.41) is 9.08. The van der Waals surface area contributed by atoms with Gasteiger partial charge in [-0.25, -0.2) is 4.79 Å². The molecule has 0 radical (unpaired) electrons. The molecule has 0 aromatic heterocycles. The monoisotopic (exact) mass is 230 g/mol. The van der Waals surface area contributed by atoms with Crippen LogP contribution in [0.5, 0.6) is 0 Å². The van der Waals surface area contributed by atoms with Crippen LogP contribution in [0.3, 0.4) is 0 Å². The first kappa shape index (κ1) is 11.5. The van der Waals surface area contributed by atoms with Gasteiger partial charge in [-0.1, -0.05) is 6.07 Å². The van der Waals surface area contributed by atoms with Crippen LogP contribution in [0.4, 0.5) is 10.5 Å². The van der Waals surface area contributed by atoms with Crippen molar-refractivity contribution in [3.63, 3.8) is 0 Å². The molecule has 17 heavy (non-hydrogen) atoms. The van der Waals surface area contributed by atoms with E-state index >= 15 is 0 Å². The molecule has 0 spiro atoms. The molecule has 1 fully saturated rings. The summed E-state index contributed by atoms with van der Waals surface area (Å²) in [6.07, 6.45) is 0.114. The lowest BCUT2D eigenvalue weighted by Crippen LogP contribution is -2.45. The number of nitriles is 1. The van der Waals surface area contributed by atoms with Gasteiger partial charge in [0.05, 0.1) is 12.7 Å². The fraction of sp³-hybridized carbons (Fsp3) is 0.385. The maximum Gasteiger partial charge on any atom is 0.415 e. The summed E-state index contributed by atoms with van der Waals surface area (Å²) in [7, 11) is 0. The zero-order valence-electron chi connectivity index (χ0n) is 9.93. The van der Waals surface area contributed by atoms with E-state index in [0.717, 1.165) is 16.8 Å². The van der Waals surface area contributed by atoms with Crippen molar-refractivity contribution < 1.29 is 9.53 Å². The molecule has 0 aliphatic carbocycles. The highest BCUT2D eigenvalue weighted by molar-refractivity contribution is 5.89. The van der Waals surface area contributed by atoms with Gasteiger partial charge in [0.15, 0.2) is 0 Å². The number of anilines is 1. The van der Waals surface area contributed by atoms with Crippen LogP contribution in [0, 0.1) is 25.2 Å². The number of benzene rings is 1. The van der Waals surface area contributed by atoms with Gasteiger partial charge >= 0.3 is 6.09 Å². The van der Waals surface area contributed by atoms with Crippen molar-refractivity contribution in [1.82, 2.24) is 0 Å². The van der Waals surface area contributed by atoms with Crippen LogP contribution in [-0.2, 0) is 4.74 Å². The van der Waals surface area contributed by atoms with Crippen molar-refractivity contribution >= 4 is 11.8 Å². The molecule has 1 unspecified atom stereocenters. The molecule has 1 atom stereocenters. The van der Waals surface area contributed by atoms with Gasteiger partial charge in [-0.3, -0.25) is 4.90 Å². The summed E-state index contributed by atoms with van der Waals surface area (Å²) in [5.41, 5.74) is 2.86. The summed E-state index contributed by atoms with van der Waals surface area (Å²) >= 11 is 0. The standard InChI is InChI=1S/C13H14N2O2/c1-9-5-10(2)7-12(6-9)15-11(8-14)3-4-17-13(15)16/h5-7,11H,3-4H2,1-2H3. The van der Waals surface area contributed by atoms with Crippen molar-refractivity contribution in [3.05, 3.63) is 29.3 Å². The third-order valence-electron chi connectivity index (χ3n) is 2.76.